The summed E-state index contributed by atoms with van der Waals surface area (Å²) in [5.74, 6) is 4.73. The van der Waals surface area contributed by atoms with E-state index in [1.54, 1.807) is 31.3 Å². The number of nitrogens with zero attached hydrogens (tertiary/aromatic N) is 2. The Kier molecular flexibility index (Phi) is 17.1. The van der Waals surface area contributed by atoms with Crippen LogP contribution in [0.25, 0.3) is 44.5 Å². The van der Waals surface area contributed by atoms with Gasteiger partial charge in [-0.05, 0) is 87.4 Å². The van der Waals surface area contributed by atoms with Crippen LogP contribution >= 0.6 is 25.4 Å². The number of carbonyl (C=O) groups is 4. The average Bonchev–Trinajstić information content (AvgIpc) is 3.93. The molecule has 2 aromatic heterocycles. The first-order valence-electron chi connectivity index (χ1n) is 22.3. The average molecular weight is 983 g/mol. The number of phenolic OH excluding ortho intramolecular Hbond substituents is 1. The summed E-state index contributed by atoms with van der Waals surface area (Å²) >= 11 is 0. The number of carboxylic acid groups (broad SMARTS) is 1. The van der Waals surface area contributed by atoms with Gasteiger partial charge in [0.25, 0.3) is 11.5 Å². The Labute approximate surface area is 396 Å². The first-order chi connectivity index (χ1) is 32.7. The minimum absolute atomic E-state index is 0.0602. The Bertz CT molecular complexity index is 2990. The molecule has 2 unspecified atom stereocenters. The molecule has 17 nitrogen and oxygen atoms in total. The van der Waals surface area contributed by atoms with Crippen molar-refractivity contribution in [1.29, 1.82) is 0 Å². The quantitative estimate of drug-likeness (QED) is 0.0194. The summed E-state index contributed by atoms with van der Waals surface area (Å²) in [6, 6.07) is 13.1. The highest BCUT2D eigenvalue weighted by molar-refractivity contribution is 8.41. The van der Waals surface area contributed by atoms with E-state index >= 15 is 0 Å². The third-order valence-electron chi connectivity index (χ3n) is 11.4. The van der Waals surface area contributed by atoms with Crippen LogP contribution in [-0.2, 0) is 18.8 Å². The number of aromatic nitrogens is 3. The van der Waals surface area contributed by atoms with Gasteiger partial charge >= 0.3 is 5.97 Å². The molecule has 20 heteroatoms. The molecular weight excluding hydrogens is 929 g/mol. The van der Waals surface area contributed by atoms with Gasteiger partial charge in [-0.3, -0.25) is 24.0 Å². The van der Waals surface area contributed by atoms with Crippen LogP contribution in [0.2, 0.25) is 0 Å². The van der Waals surface area contributed by atoms with Crippen LogP contribution in [0, 0.1) is 18.8 Å². The van der Waals surface area contributed by atoms with Crippen molar-refractivity contribution in [3.05, 3.63) is 104 Å². The van der Waals surface area contributed by atoms with Crippen LogP contribution in [0.15, 0.2) is 74.8 Å². The second-order valence-corrected chi connectivity index (χ2v) is 22.3. The minimum Gasteiger partial charge on any atom is -0.508 e. The maximum Gasteiger partial charge on any atom is 0.336 e. The van der Waals surface area contributed by atoms with Crippen molar-refractivity contribution in [3.63, 3.8) is 0 Å². The largest absolute Gasteiger partial charge is 0.508 e. The molecule has 1 aliphatic carbocycles. The molecule has 0 spiro atoms. The van der Waals surface area contributed by atoms with Gasteiger partial charge in [0.2, 0.25) is 11.8 Å². The van der Waals surface area contributed by atoms with Gasteiger partial charge in [-0.2, -0.15) is 0 Å². The number of aryl methyl sites for hydroxylation is 1. The number of phenols is 1. The van der Waals surface area contributed by atoms with E-state index in [1.807, 2.05) is 4.57 Å². The zero-order valence-electron chi connectivity index (χ0n) is 37.4. The van der Waals surface area contributed by atoms with Crippen molar-refractivity contribution in [1.82, 2.24) is 30.5 Å². The molecule has 7 rings (SSSR count). The maximum atomic E-state index is 13.1. The summed E-state index contributed by atoms with van der Waals surface area (Å²) in [7, 11) is 4.61. The standard InChI is InChI=1S/C48H53N6O11P3/c1-28-52-45-43(47(60)53-28)30(26-54(45)42-19-15-33(64-42)27-63-68(66)67)9-8-22-50-41(58)11-4-2-6-20-49-40(57)10-5-3-7-21-51-46(59)29-12-16-34(37(23-29)48(61)62)44-35-17-13-31(55)24-38(35)65-39-25-32(56)14-18-36(39)44/h12-14,16-18,23-26,33,42,55H,2-7,10-11,15,19-22,27,66-67H2,1H3,(H,49,57)(H,50,58)(H,51,59)(H,61,62)(H,52,53,60)/t33-,42+/m0/s1. The number of hydrogen-bond acceptors (Lipinski definition) is 11. The lowest BCUT2D eigenvalue weighted by atomic mass is 9.90. The highest BCUT2D eigenvalue weighted by Gasteiger charge is 2.30. The number of hydrogen-bond donors (Lipinski definition) is 6. The first-order valence-corrected chi connectivity index (χ1v) is 26.8. The van der Waals surface area contributed by atoms with Crippen LogP contribution in [0.5, 0.6) is 5.75 Å². The number of amides is 3. The Morgan fingerprint density at radius 3 is 2.40 bits per heavy atom. The molecule has 1 fully saturated rings. The predicted molar refractivity (Wildman–Crippen MR) is 266 cm³/mol. The van der Waals surface area contributed by atoms with Crippen molar-refractivity contribution in [2.75, 3.05) is 26.2 Å². The Balaban J connectivity index is 0.780. The molecule has 4 heterocycles. The van der Waals surface area contributed by atoms with Gasteiger partial charge in [-0.15, -0.1) is 0 Å². The molecule has 356 valence electrons. The second kappa shape index (κ2) is 23.3. The summed E-state index contributed by atoms with van der Waals surface area (Å²) in [6.07, 6.45) is 7.68. The van der Waals surface area contributed by atoms with Gasteiger partial charge in [0.1, 0.15) is 29.1 Å². The van der Waals surface area contributed by atoms with Crippen LogP contribution in [0.4, 0.5) is 0 Å². The zero-order chi connectivity index (χ0) is 48.3. The Hall–Kier alpha value is -6.00. The normalized spacial score (nSPS) is 14.6. The summed E-state index contributed by atoms with van der Waals surface area (Å²) in [5.41, 5.74) is 2.01. The number of fused-ring (bicyclic) bond motifs is 3. The predicted octanol–water partition coefficient (Wildman–Crippen LogP) is 7.12. The van der Waals surface area contributed by atoms with E-state index in [-0.39, 0.29) is 69.9 Å². The van der Waals surface area contributed by atoms with E-state index in [9.17, 15) is 39.0 Å². The lowest BCUT2D eigenvalue weighted by molar-refractivity contribution is -0.122. The summed E-state index contributed by atoms with van der Waals surface area (Å²) in [5, 5.41) is 29.7. The topological polar surface area (TPSA) is 244 Å². The van der Waals surface area contributed by atoms with Gasteiger partial charge in [-0.25, -0.2) is 9.78 Å². The number of aromatic amines is 1. The molecule has 6 N–H and O–H groups in total. The van der Waals surface area contributed by atoms with Crippen molar-refractivity contribution < 1.29 is 43.1 Å². The number of aromatic hydroxyl groups is 1. The molecule has 68 heavy (non-hydrogen) atoms. The van der Waals surface area contributed by atoms with Gasteiger partial charge < -0.3 is 49.4 Å². The number of rotatable bonds is 20. The monoisotopic (exact) mass is 982 g/mol. The third-order valence-corrected chi connectivity index (χ3v) is 12.8. The van der Waals surface area contributed by atoms with E-state index in [0.717, 1.165) is 25.7 Å². The fraction of sp³-hybridized carbons (Fsp3) is 0.354. The Morgan fingerprint density at radius 1 is 0.912 bits per heavy atom. The van der Waals surface area contributed by atoms with E-state index < -0.39 is 19.4 Å². The highest BCUT2D eigenvalue weighted by Crippen LogP contribution is 2.54. The number of benzene rings is 3. The lowest BCUT2D eigenvalue weighted by Gasteiger charge is -2.17. The SMILES string of the molecule is Cc1nc2c(c(C#CCNC(=O)CCCCCNC(=O)CCCCCNC(=O)c3ccc(-c4c5ccc(=O)cc-5oc5cc(O)ccc45)c(C(=O)O)c3)cn2[C@H]2CC[C@@H](COP(P)P)O2)c(=O)[nH]1. The molecule has 0 bridgehead atoms. The summed E-state index contributed by atoms with van der Waals surface area (Å²) < 4.78 is 19.7. The van der Waals surface area contributed by atoms with Gasteiger partial charge in [0, 0.05) is 66.3 Å². The number of aromatic carboxylic acids is 1. The summed E-state index contributed by atoms with van der Waals surface area (Å²) in [4.78, 5) is 82.9. The van der Waals surface area contributed by atoms with Crippen molar-refractivity contribution in [2.45, 2.75) is 83.5 Å². The van der Waals surface area contributed by atoms with Gasteiger partial charge in [0.15, 0.2) is 11.1 Å². The van der Waals surface area contributed by atoms with E-state index in [2.05, 4.69) is 55.6 Å². The van der Waals surface area contributed by atoms with Crippen LogP contribution < -0.4 is 26.9 Å². The van der Waals surface area contributed by atoms with Gasteiger partial charge in [-0.1, -0.05) is 48.6 Å². The molecule has 4 aromatic rings. The molecule has 0 saturated carbocycles. The smallest absolute Gasteiger partial charge is 0.336 e. The van der Waals surface area contributed by atoms with E-state index in [0.29, 0.717) is 103 Å². The molecule has 2 aromatic carbocycles. The molecule has 3 aliphatic rings. The number of H-pyrrole nitrogens is 1. The molecule has 2 aliphatic heterocycles. The van der Waals surface area contributed by atoms with Crippen LogP contribution in [-0.4, -0.2) is 80.8 Å². The highest BCUT2D eigenvalue weighted by atomic mass is 32.4. The second-order valence-electron chi connectivity index (χ2n) is 16.4. The van der Waals surface area contributed by atoms with E-state index in [1.165, 1.54) is 36.4 Å². The third kappa shape index (κ3) is 12.7. The van der Waals surface area contributed by atoms with Crippen LogP contribution in [0.1, 0.15) is 103 Å². The molecule has 4 atom stereocenters. The number of carboxylic acids is 1. The number of ether oxygens (including phenoxy) is 1. The zero-order valence-corrected chi connectivity index (χ0v) is 40.6. The van der Waals surface area contributed by atoms with Crippen molar-refractivity contribution in [2.24, 2.45) is 0 Å². The first kappa shape index (κ1) is 49.9. The number of nitrogens with one attached hydrogen (secondary N) is 4. The summed E-state index contributed by atoms with van der Waals surface area (Å²) in [6.45, 7) is 3.15. The molecule has 0 radical (unpaired) electrons. The molecular formula is C48H53N6O11P3. The van der Waals surface area contributed by atoms with Crippen molar-refractivity contribution >= 4 is 71.1 Å². The van der Waals surface area contributed by atoms with Crippen LogP contribution in [0.3, 0.4) is 0 Å². The molecule has 3 amide bonds. The number of unbranched alkanes of at least 4 members (excludes halogenated alkanes) is 4. The van der Waals surface area contributed by atoms with Crippen molar-refractivity contribution in [3.8, 4) is 40.0 Å². The minimum atomic E-state index is -1.25. The lowest BCUT2D eigenvalue weighted by Crippen LogP contribution is -2.25. The maximum absolute atomic E-state index is 13.1. The fourth-order valence-corrected chi connectivity index (χ4v) is 9.01. The van der Waals surface area contributed by atoms with E-state index in [4.69, 9.17) is 13.7 Å². The Morgan fingerprint density at radius 2 is 1.65 bits per heavy atom. The fourth-order valence-electron chi connectivity index (χ4n) is 8.16. The molecule has 1 saturated heterocycles. The van der Waals surface area contributed by atoms with Gasteiger partial charge in [0.05, 0.1) is 43.3 Å². The number of carbonyl (C=O) groups excluding carboxylic acids is 3.